The van der Waals surface area contributed by atoms with Crippen LogP contribution >= 0.6 is 0 Å². The van der Waals surface area contributed by atoms with Crippen molar-refractivity contribution in [3.63, 3.8) is 0 Å². The van der Waals surface area contributed by atoms with Gasteiger partial charge >= 0.3 is 0 Å². The molecule has 0 amide bonds. The Balaban J connectivity index is 2.26. The molecule has 0 radical (unpaired) electrons. The molecule has 1 aliphatic rings. The Morgan fingerprint density at radius 3 is 2.00 bits per heavy atom. The number of likely N-dealkylation sites (N-methyl/N-ethyl adjacent to an activating group) is 1. The summed E-state index contributed by atoms with van der Waals surface area (Å²) >= 11 is 0. The lowest BCUT2D eigenvalue weighted by molar-refractivity contribution is 0.161. The van der Waals surface area contributed by atoms with Crippen molar-refractivity contribution in [1.29, 1.82) is 0 Å². The Labute approximate surface area is 50.7 Å². The van der Waals surface area contributed by atoms with Crippen LogP contribution in [0.3, 0.4) is 0 Å². The van der Waals surface area contributed by atoms with Gasteiger partial charge in [-0.3, -0.25) is 0 Å². The van der Waals surface area contributed by atoms with E-state index in [1.165, 1.54) is 12.8 Å². The van der Waals surface area contributed by atoms with Crippen molar-refractivity contribution in [3.05, 3.63) is 0 Å². The zero-order valence-electron chi connectivity index (χ0n) is 5.59. The molecule has 0 aromatic rings. The van der Waals surface area contributed by atoms with Crippen molar-refractivity contribution >= 4 is 0 Å². The Hall–Kier alpha value is -0.0800. The van der Waals surface area contributed by atoms with E-state index in [-0.39, 0.29) is 0 Å². The molecule has 1 unspecified atom stereocenters. The topological polar surface area (TPSA) is 29.3 Å². The van der Waals surface area contributed by atoms with Gasteiger partial charge in [0.25, 0.3) is 0 Å². The Morgan fingerprint density at radius 2 is 2.00 bits per heavy atom. The van der Waals surface area contributed by atoms with Gasteiger partial charge in [-0.1, -0.05) is 0 Å². The standard InChI is InChI=1S/C6H14N2/c1-8(2)6-4-3-5(6)7/h5-6H,3-4,7H2,1-2H3/t5-,6?/m0/s1. The summed E-state index contributed by atoms with van der Waals surface area (Å²) in [6.07, 6.45) is 2.50. The van der Waals surface area contributed by atoms with Crippen LogP contribution in [0.4, 0.5) is 0 Å². The molecule has 1 saturated carbocycles. The molecule has 0 spiro atoms. The smallest absolute Gasteiger partial charge is 0.0241 e. The van der Waals surface area contributed by atoms with E-state index in [1.807, 2.05) is 0 Å². The second-order valence-corrected chi connectivity index (χ2v) is 2.77. The van der Waals surface area contributed by atoms with Gasteiger partial charge in [0.2, 0.25) is 0 Å². The molecule has 0 heterocycles. The first-order valence-corrected chi connectivity index (χ1v) is 3.14. The molecule has 0 aromatic heterocycles. The van der Waals surface area contributed by atoms with Crippen LogP contribution in [0.1, 0.15) is 12.8 Å². The van der Waals surface area contributed by atoms with Gasteiger partial charge in [-0.05, 0) is 26.9 Å². The molecule has 0 aliphatic heterocycles. The van der Waals surface area contributed by atoms with Gasteiger partial charge in [0, 0.05) is 12.1 Å². The molecule has 0 aromatic carbocycles. The predicted octanol–water partition coefficient (Wildman–Crippen LogP) is 0.0377. The maximum atomic E-state index is 5.68. The predicted molar refractivity (Wildman–Crippen MR) is 34.7 cm³/mol. The van der Waals surface area contributed by atoms with E-state index in [1.54, 1.807) is 0 Å². The molecule has 2 N–H and O–H groups in total. The fraction of sp³-hybridized carbons (Fsp3) is 1.00. The van der Waals surface area contributed by atoms with Gasteiger partial charge in [0.05, 0.1) is 0 Å². The van der Waals surface area contributed by atoms with Crippen LogP contribution < -0.4 is 5.73 Å². The average molecular weight is 114 g/mol. The lowest BCUT2D eigenvalue weighted by Crippen LogP contribution is -2.52. The third-order valence-electron chi connectivity index (χ3n) is 1.95. The fourth-order valence-corrected chi connectivity index (χ4v) is 1.15. The molecule has 0 saturated heterocycles. The van der Waals surface area contributed by atoms with Crippen molar-refractivity contribution in [2.75, 3.05) is 14.1 Å². The van der Waals surface area contributed by atoms with E-state index in [0.717, 1.165) is 0 Å². The normalized spacial score (nSPS) is 37.5. The molecule has 2 heteroatoms. The summed E-state index contributed by atoms with van der Waals surface area (Å²) in [5.74, 6) is 0. The Morgan fingerprint density at radius 1 is 1.38 bits per heavy atom. The summed E-state index contributed by atoms with van der Waals surface area (Å²) in [5, 5.41) is 0. The van der Waals surface area contributed by atoms with Crippen molar-refractivity contribution in [3.8, 4) is 0 Å². The number of nitrogens with zero attached hydrogens (tertiary/aromatic N) is 1. The first kappa shape index (κ1) is 6.05. The zero-order chi connectivity index (χ0) is 6.15. The number of nitrogens with two attached hydrogens (primary N) is 1. The Bertz CT molecular complexity index is 75.8. The number of hydrogen-bond acceptors (Lipinski definition) is 2. The highest BCUT2D eigenvalue weighted by molar-refractivity contribution is 4.89. The quantitative estimate of drug-likeness (QED) is 0.521. The van der Waals surface area contributed by atoms with Crippen LogP contribution in [-0.4, -0.2) is 31.1 Å². The van der Waals surface area contributed by atoms with Crippen LogP contribution in [-0.2, 0) is 0 Å². The van der Waals surface area contributed by atoms with Crippen LogP contribution in [0.25, 0.3) is 0 Å². The highest BCUT2D eigenvalue weighted by Gasteiger charge is 2.28. The molecule has 2 atom stereocenters. The molecule has 1 fully saturated rings. The second kappa shape index (κ2) is 2.03. The van der Waals surface area contributed by atoms with E-state index in [9.17, 15) is 0 Å². The van der Waals surface area contributed by atoms with E-state index in [2.05, 4.69) is 19.0 Å². The Kier molecular flexibility index (Phi) is 1.54. The lowest BCUT2D eigenvalue weighted by atomic mass is 9.86. The van der Waals surface area contributed by atoms with Gasteiger partial charge < -0.3 is 10.6 Å². The van der Waals surface area contributed by atoms with Crippen LogP contribution in [0.2, 0.25) is 0 Å². The highest BCUT2D eigenvalue weighted by Crippen LogP contribution is 2.20. The number of hydrogen-bond donors (Lipinski definition) is 1. The van der Waals surface area contributed by atoms with Crippen molar-refractivity contribution < 1.29 is 0 Å². The maximum absolute atomic E-state index is 5.68. The maximum Gasteiger partial charge on any atom is 0.0241 e. The molecule has 2 nitrogen and oxygen atoms in total. The monoisotopic (exact) mass is 114 g/mol. The van der Waals surface area contributed by atoms with Crippen LogP contribution in [0.5, 0.6) is 0 Å². The first-order chi connectivity index (χ1) is 3.72. The number of rotatable bonds is 1. The van der Waals surface area contributed by atoms with Gasteiger partial charge in [-0.15, -0.1) is 0 Å². The van der Waals surface area contributed by atoms with Crippen LogP contribution in [0.15, 0.2) is 0 Å². The minimum atomic E-state index is 0.449. The van der Waals surface area contributed by atoms with Crippen molar-refractivity contribution in [1.82, 2.24) is 4.90 Å². The SMILES string of the molecule is CN(C)C1CC[C@@H]1N. The summed E-state index contributed by atoms with van der Waals surface area (Å²) in [6.45, 7) is 0. The fourth-order valence-electron chi connectivity index (χ4n) is 1.15. The molecule has 48 valence electrons. The molecular weight excluding hydrogens is 100 g/mol. The zero-order valence-corrected chi connectivity index (χ0v) is 5.59. The van der Waals surface area contributed by atoms with Crippen molar-refractivity contribution in [2.24, 2.45) is 5.73 Å². The summed E-state index contributed by atoms with van der Waals surface area (Å²) in [5.41, 5.74) is 5.68. The van der Waals surface area contributed by atoms with Gasteiger partial charge in [0.1, 0.15) is 0 Å². The van der Waals surface area contributed by atoms with E-state index < -0.39 is 0 Å². The molecule has 0 bridgehead atoms. The van der Waals surface area contributed by atoms with Crippen LogP contribution in [0, 0.1) is 0 Å². The van der Waals surface area contributed by atoms with Gasteiger partial charge in [0.15, 0.2) is 0 Å². The summed E-state index contributed by atoms with van der Waals surface area (Å²) in [4.78, 5) is 2.20. The second-order valence-electron chi connectivity index (χ2n) is 2.77. The van der Waals surface area contributed by atoms with E-state index >= 15 is 0 Å². The largest absolute Gasteiger partial charge is 0.326 e. The third-order valence-corrected chi connectivity index (χ3v) is 1.95. The molecule has 1 aliphatic carbocycles. The summed E-state index contributed by atoms with van der Waals surface area (Å²) in [7, 11) is 4.17. The van der Waals surface area contributed by atoms with Gasteiger partial charge in [-0.25, -0.2) is 0 Å². The van der Waals surface area contributed by atoms with E-state index in [4.69, 9.17) is 5.73 Å². The summed E-state index contributed by atoms with van der Waals surface area (Å²) in [6, 6.07) is 1.11. The van der Waals surface area contributed by atoms with Crippen molar-refractivity contribution in [2.45, 2.75) is 24.9 Å². The molecular formula is C6H14N2. The highest BCUT2D eigenvalue weighted by atomic mass is 15.1. The minimum Gasteiger partial charge on any atom is -0.326 e. The first-order valence-electron chi connectivity index (χ1n) is 3.14. The van der Waals surface area contributed by atoms with Gasteiger partial charge in [-0.2, -0.15) is 0 Å². The summed E-state index contributed by atoms with van der Waals surface area (Å²) < 4.78 is 0. The average Bonchev–Trinajstić information content (AvgIpc) is 1.61. The molecule has 1 rings (SSSR count). The minimum absolute atomic E-state index is 0.449. The molecule has 8 heavy (non-hydrogen) atoms. The van der Waals surface area contributed by atoms with E-state index in [0.29, 0.717) is 12.1 Å². The lowest BCUT2D eigenvalue weighted by Gasteiger charge is -2.38. The third kappa shape index (κ3) is 0.858.